The summed E-state index contributed by atoms with van der Waals surface area (Å²) in [7, 11) is -2.97. The van der Waals surface area contributed by atoms with Crippen molar-refractivity contribution in [2.24, 2.45) is 0 Å². The quantitative estimate of drug-likeness (QED) is 0.592. The first-order chi connectivity index (χ1) is 8.29. The molecule has 100 valence electrons. The average Bonchev–Trinajstić information content (AvgIpc) is 2.24. The summed E-state index contributed by atoms with van der Waals surface area (Å²) in [6, 6.07) is 5.16. The van der Waals surface area contributed by atoms with Crippen LogP contribution in [-0.2, 0) is 9.84 Å². The van der Waals surface area contributed by atoms with Crippen LogP contribution in [0.1, 0.15) is 23.7 Å². The highest BCUT2D eigenvalue weighted by molar-refractivity contribution is 9.10. The Labute approximate surface area is 115 Å². The minimum atomic E-state index is -2.97. The Kier molecular flexibility index (Phi) is 5.34. The maximum atomic E-state index is 11.4. The van der Waals surface area contributed by atoms with Crippen LogP contribution in [0.15, 0.2) is 22.7 Å². The largest absolute Gasteiger partial charge is 0.493 e. The molecule has 0 saturated carbocycles. The van der Waals surface area contributed by atoms with Crippen LogP contribution in [0.3, 0.4) is 0 Å². The zero-order chi connectivity index (χ0) is 13.8. The highest BCUT2D eigenvalue weighted by Gasteiger charge is 2.09. The lowest BCUT2D eigenvalue weighted by molar-refractivity contribution is 0.101. The van der Waals surface area contributed by atoms with Gasteiger partial charge in [0, 0.05) is 10.7 Å². The van der Waals surface area contributed by atoms with Gasteiger partial charge in [-0.2, -0.15) is 0 Å². The SMILES string of the molecule is CC(=O)c1cc(Br)ccc1OCCCS(C)(=O)=O. The van der Waals surface area contributed by atoms with E-state index in [1.807, 2.05) is 0 Å². The molecule has 0 aliphatic carbocycles. The first-order valence-corrected chi connectivity index (χ1v) is 8.26. The first kappa shape index (κ1) is 15.2. The van der Waals surface area contributed by atoms with E-state index >= 15 is 0 Å². The molecule has 0 bridgehead atoms. The number of rotatable bonds is 6. The van der Waals surface area contributed by atoms with Crippen molar-refractivity contribution in [3.05, 3.63) is 28.2 Å². The molecule has 0 atom stereocenters. The molecule has 0 saturated heterocycles. The highest BCUT2D eigenvalue weighted by Crippen LogP contribution is 2.23. The van der Waals surface area contributed by atoms with E-state index in [1.54, 1.807) is 18.2 Å². The molecule has 0 radical (unpaired) electrons. The molecule has 6 heteroatoms. The lowest BCUT2D eigenvalue weighted by Gasteiger charge is -2.09. The molecule has 0 spiro atoms. The number of ketones is 1. The predicted molar refractivity (Wildman–Crippen MR) is 74.0 cm³/mol. The lowest BCUT2D eigenvalue weighted by atomic mass is 10.1. The molecule has 0 aliphatic heterocycles. The third-order valence-electron chi connectivity index (χ3n) is 2.24. The summed E-state index contributed by atoms with van der Waals surface area (Å²) >= 11 is 3.29. The van der Waals surface area contributed by atoms with Gasteiger partial charge in [0.1, 0.15) is 15.6 Å². The van der Waals surface area contributed by atoms with Crippen molar-refractivity contribution in [2.45, 2.75) is 13.3 Å². The molecule has 0 amide bonds. The van der Waals surface area contributed by atoms with Crippen molar-refractivity contribution in [1.29, 1.82) is 0 Å². The summed E-state index contributed by atoms with van der Waals surface area (Å²) in [6.45, 7) is 1.74. The number of carbonyl (C=O) groups is 1. The second kappa shape index (κ2) is 6.33. The molecule has 4 nitrogen and oxygen atoms in total. The average molecular weight is 335 g/mol. The third kappa shape index (κ3) is 5.18. The molecular formula is C12H15BrO4S. The number of ether oxygens (including phenoxy) is 1. The van der Waals surface area contributed by atoms with Crippen molar-refractivity contribution >= 4 is 31.6 Å². The van der Waals surface area contributed by atoms with Crippen molar-refractivity contribution in [2.75, 3.05) is 18.6 Å². The monoisotopic (exact) mass is 334 g/mol. The van der Waals surface area contributed by atoms with Crippen LogP contribution in [0.5, 0.6) is 5.75 Å². The summed E-state index contributed by atoms with van der Waals surface area (Å²) in [5.74, 6) is 0.479. The van der Waals surface area contributed by atoms with Gasteiger partial charge in [-0.25, -0.2) is 8.42 Å². The molecular weight excluding hydrogens is 320 g/mol. The van der Waals surface area contributed by atoms with Crippen LogP contribution in [0, 0.1) is 0 Å². The fraction of sp³-hybridized carbons (Fsp3) is 0.417. The van der Waals surface area contributed by atoms with E-state index in [-0.39, 0.29) is 18.1 Å². The maximum absolute atomic E-state index is 11.4. The highest BCUT2D eigenvalue weighted by atomic mass is 79.9. The maximum Gasteiger partial charge on any atom is 0.163 e. The fourth-order valence-corrected chi connectivity index (χ4v) is 2.41. The summed E-state index contributed by atoms with van der Waals surface area (Å²) < 4.78 is 28.1. The van der Waals surface area contributed by atoms with Gasteiger partial charge in [0.25, 0.3) is 0 Å². The van der Waals surface area contributed by atoms with Gasteiger partial charge in [-0.05, 0) is 31.5 Å². The van der Waals surface area contributed by atoms with Gasteiger partial charge < -0.3 is 4.74 Å². The van der Waals surface area contributed by atoms with E-state index in [0.29, 0.717) is 17.7 Å². The molecule has 18 heavy (non-hydrogen) atoms. The van der Waals surface area contributed by atoms with Crippen LogP contribution in [-0.4, -0.2) is 32.8 Å². The van der Waals surface area contributed by atoms with Crippen molar-refractivity contribution in [1.82, 2.24) is 0 Å². The first-order valence-electron chi connectivity index (χ1n) is 5.40. The Hall–Kier alpha value is -0.880. The Balaban J connectivity index is 2.65. The van der Waals surface area contributed by atoms with Gasteiger partial charge in [0.05, 0.1) is 17.9 Å². The van der Waals surface area contributed by atoms with Crippen LogP contribution in [0.2, 0.25) is 0 Å². The van der Waals surface area contributed by atoms with E-state index in [9.17, 15) is 13.2 Å². The topological polar surface area (TPSA) is 60.4 Å². The molecule has 0 fully saturated rings. The van der Waals surface area contributed by atoms with Crippen LogP contribution < -0.4 is 4.74 Å². The van der Waals surface area contributed by atoms with Gasteiger partial charge in [0.2, 0.25) is 0 Å². The smallest absolute Gasteiger partial charge is 0.163 e. The number of hydrogen-bond donors (Lipinski definition) is 0. The summed E-state index contributed by atoms with van der Waals surface area (Å²) in [5.41, 5.74) is 0.490. The summed E-state index contributed by atoms with van der Waals surface area (Å²) in [4.78, 5) is 11.4. The Morgan fingerprint density at radius 3 is 2.61 bits per heavy atom. The molecule has 1 rings (SSSR count). The van der Waals surface area contributed by atoms with Crippen molar-refractivity contribution < 1.29 is 17.9 Å². The fourth-order valence-electron chi connectivity index (χ4n) is 1.41. The third-order valence-corrected chi connectivity index (χ3v) is 3.76. The molecule has 0 unspecified atom stereocenters. The van der Waals surface area contributed by atoms with Gasteiger partial charge in [-0.1, -0.05) is 15.9 Å². The minimum Gasteiger partial charge on any atom is -0.493 e. The van der Waals surface area contributed by atoms with E-state index in [0.717, 1.165) is 4.47 Å². The Morgan fingerprint density at radius 1 is 1.39 bits per heavy atom. The normalized spacial score (nSPS) is 11.3. The molecule has 0 aromatic heterocycles. The van der Waals surface area contributed by atoms with Gasteiger partial charge >= 0.3 is 0 Å². The van der Waals surface area contributed by atoms with E-state index < -0.39 is 9.84 Å². The van der Waals surface area contributed by atoms with Crippen LogP contribution in [0.25, 0.3) is 0 Å². The lowest BCUT2D eigenvalue weighted by Crippen LogP contribution is -2.09. The summed E-state index contributed by atoms with van der Waals surface area (Å²) in [6.07, 6.45) is 1.60. The number of sulfone groups is 1. The minimum absolute atomic E-state index is 0.0823. The number of Topliss-reactive ketones (excluding diaryl/α,β-unsaturated/α-hetero) is 1. The van der Waals surface area contributed by atoms with Gasteiger partial charge in [-0.3, -0.25) is 4.79 Å². The van der Waals surface area contributed by atoms with Gasteiger partial charge in [0.15, 0.2) is 5.78 Å². The molecule has 1 aromatic carbocycles. The van der Waals surface area contributed by atoms with Crippen LogP contribution in [0.4, 0.5) is 0 Å². The number of carbonyl (C=O) groups excluding carboxylic acids is 1. The molecule has 1 aromatic rings. The number of benzene rings is 1. The number of hydrogen-bond acceptors (Lipinski definition) is 4. The van der Waals surface area contributed by atoms with Crippen molar-refractivity contribution in [3.8, 4) is 5.75 Å². The zero-order valence-electron chi connectivity index (χ0n) is 10.3. The second-order valence-electron chi connectivity index (χ2n) is 4.03. The second-order valence-corrected chi connectivity index (χ2v) is 7.20. The molecule has 0 heterocycles. The Morgan fingerprint density at radius 2 is 2.06 bits per heavy atom. The van der Waals surface area contributed by atoms with E-state index in [2.05, 4.69) is 15.9 Å². The van der Waals surface area contributed by atoms with Gasteiger partial charge in [-0.15, -0.1) is 0 Å². The van der Waals surface area contributed by atoms with E-state index in [1.165, 1.54) is 13.2 Å². The van der Waals surface area contributed by atoms with E-state index in [4.69, 9.17) is 4.74 Å². The van der Waals surface area contributed by atoms with Crippen molar-refractivity contribution in [3.63, 3.8) is 0 Å². The molecule has 0 aliphatic rings. The predicted octanol–water partition coefficient (Wildman–Crippen LogP) is 2.47. The Bertz CT molecular complexity index is 537. The number of halogens is 1. The molecule has 0 N–H and O–H groups in total. The summed E-state index contributed by atoms with van der Waals surface area (Å²) in [5, 5.41) is 0. The standard InChI is InChI=1S/C12H15BrO4S/c1-9(14)11-8-10(13)4-5-12(11)17-6-3-7-18(2,15)16/h4-5,8H,3,6-7H2,1-2H3. The van der Waals surface area contributed by atoms with Crippen LogP contribution >= 0.6 is 15.9 Å². The zero-order valence-corrected chi connectivity index (χ0v) is 12.7.